The van der Waals surface area contributed by atoms with Crippen LogP contribution in [0.2, 0.25) is 5.15 Å². The Labute approximate surface area is 122 Å². The van der Waals surface area contributed by atoms with Gasteiger partial charge in [0.2, 0.25) is 0 Å². The molecule has 3 nitrogen and oxygen atoms in total. The van der Waals surface area contributed by atoms with Crippen molar-refractivity contribution in [3.8, 4) is 5.75 Å². The van der Waals surface area contributed by atoms with Gasteiger partial charge < -0.3 is 10.1 Å². The van der Waals surface area contributed by atoms with Gasteiger partial charge in [-0.1, -0.05) is 17.7 Å². The Morgan fingerprint density at radius 3 is 2.80 bits per heavy atom. The van der Waals surface area contributed by atoms with Crippen LogP contribution >= 0.6 is 11.6 Å². The second-order valence-electron chi connectivity index (χ2n) is 4.55. The third-order valence-corrected chi connectivity index (χ3v) is 3.46. The molecular formula is C15H16ClFN2O. The number of hydrogen-bond acceptors (Lipinski definition) is 3. The summed E-state index contributed by atoms with van der Waals surface area (Å²) in [6, 6.07) is 6.40. The Balaban J connectivity index is 2.28. The molecule has 0 aliphatic carbocycles. The first-order valence-corrected chi connectivity index (χ1v) is 6.61. The van der Waals surface area contributed by atoms with Gasteiger partial charge >= 0.3 is 0 Å². The number of nitrogens with zero attached hydrogens (tertiary/aromatic N) is 1. The smallest absolute Gasteiger partial charge is 0.132 e. The van der Waals surface area contributed by atoms with E-state index in [0.717, 1.165) is 11.3 Å². The Hall–Kier alpha value is -1.81. The average Bonchev–Trinajstić information content (AvgIpc) is 2.42. The molecule has 0 aliphatic rings. The van der Waals surface area contributed by atoms with Crippen LogP contribution in [0.15, 0.2) is 30.5 Å². The summed E-state index contributed by atoms with van der Waals surface area (Å²) in [5, 5.41) is 3.67. The van der Waals surface area contributed by atoms with E-state index >= 15 is 0 Å². The zero-order chi connectivity index (χ0) is 14.7. The monoisotopic (exact) mass is 294 g/mol. The molecule has 1 N–H and O–H groups in total. The molecular weight excluding hydrogens is 279 g/mol. The standard InChI is InChI=1S/C15H16ClFN2O/c1-9-7-11(8-18-15(9)16)19-10(2)14-12(17)5-4-6-13(14)20-3/h4-8,10,19H,1-3H3. The second kappa shape index (κ2) is 6.09. The lowest BCUT2D eigenvalue weighted by Gasteiger charge is -2.19. The van der Waals surface area contributed by atoms with Crippen molar-refractivity contribution in [1.82, 2.24) is 4.98 Å². The Bertz CT molecular complexity index is 619. The average molecular weight is 295 g/mol. The predicted molar refractivity (Wildman–Crippen MR) is 79.0 cm³/mol. The van der Waals surface area contributed by atoms with Crippen LogP contribution in [0.5, 0.6) is 5.75 Å². The summed E-state index contributed by atoms with van der Waals surface area (Å²) in [6.07, 6.45) is 1.62. The largest absolute Gasteiger partial charge is 0.496 e. The van der Waals surface area contributed by atoms with Gasteiger partial charge in [-0.15, -0.1) is 0 Å². The van der Waals surface area contributed by atoms with Crippen molar-refractivity contribution in [1.29, 1.82) is 0 Å². The molecule has 0 spiro atoms. The Kier molecular flexibility index (Phi) is 4.45. The van der Waals surface area contributed by atoms with Crippen molar-refractivity contribution in [2.24, 2.45) is 0 Å². The van der Waals surface area contributed by atoms with Crippen LogP contribution in [-0.4, -0.2) is 12.1 Å². The number of aromatic nitrogens is 1. The predicted octanol–water partition coefficient (Wildman–Crippen LogP) is 4.36. The molecule has 1 atom stereocenters. The summed E-state index contributed by atoms with van der Waals surface area (Å²) in [5.41, 5.74) is 2.14. The van der Waals surface area contributed by atoms with Gasteiger partial charge in [-0.05, 0) is 37.6 Å². The number of ether oxygens (including phenoxy) is 1. The zero-order valence-electron chi connectivity index (χ0n) is 11.6. The van der Waals surface area contributed by atoms with Crippen LogP contribution in [0.3, 0.4) is 0 Å². The van der Waals surface area contributed by atoms with E-state index in [2.05, 4.69) is 10.3 Å². The van der Waals surface area contributed by atoms with Gasteiger partial charge in [0.1, 0.15) is 16.7 Å². The fourth-order valence-corrected chi connectivity index (χ4v) is 2.18. The highest BCUT2D eigenvalue weighted by Gasteiger charge is 2.16. The van der Waals surface area contributed by atoms with Crippen LogP contribution in [-0.2, 0) is 0 Å². The van der Waals surface area contributed by atoms with Gasteiger partial charge in [0.05, 0.1) is 30.6 Å². The fraction of sp³-hybridized carbons (Fsp3) is 0.267. The van der Waals surface area contributed by atoms with E-state index in [1.54, 1.807) is 18.3 Å². The number of methoxy groups -OCH3 is 1. The van der Waals surface area contributed by atoms with E-state index in [1.807, 2.05) is 19.9 Å². The van der Waals surface area contributed by atoms with Crippen LogP contribution < -0.4 is 10.1 Å². The van der Waals surface area contributed by atoms with E-state index in [0.29, 0.717) is 16.5 Å². The number of benzene rings is 1. The molecule has 0 saturated heterocycles. The molecule has 5 heteroatoms. The summed E-state index contributed by atoms with van der Waals surface area (Å²) < 4.78 is 19.2. The first-order chi connectivity index (χ1) is 9.52. The van der Waals surface area contributed by atoms with E-state index in [9.17, 15) is 4.39 Å². The molecule has 0 radical (unpaired) electrons. The van der Waals surface area contributed by atoms with E-state index in [4.69, 9.17) is 16.3 Å². The summed E-state index contributed by atoms with van der Waals surface area (Å²) in [7, 11) is 1.53. The molecule has 0 bridgehead atoms. The van der Waals surface area contributed by atoms with Crippen LogP contribution in [0, 0.1) is 12.7 Å². The lowest BCUT2D eigenvalue weighted by molar-refractivity contribution is 0.402. The molecule has 2 aromatic rings. The van der Waals surface area contributed by atoms with Gasteiger partial charge in [0, 0.05) is 0 Å². The Morgan fingerprint density at radius 2 is 2.15 bits per heavy atom. The minimum absolute atomic E-state index is 0.256. The summed E-state index contributed by atoms with van der Waals surface area (Å²) in [5.74, 6) is 0.214. The third kappa shape index (κ3) is 3.02. The SMILES string of the molecule is COc1cccc(F)c1C(C)Nc1cnc(Cl)c(C)c1. The summed E-state index contributed by atoms with van der Waals surface area (Å²) >= 11 is 5.89. The molecule has 1 heterocycles. The highest BCUT2D eigenvalue weighted by Crippen LogP contribution is 2.30. The van der Waals surface area contributed by atoms with Gasteiger partial charge in [0.15, 0.2) is 0 Å². The van der Waals surface area contributed by atoms with Gasteiger partial charge in [-0.3, -0.25) is 0 Å². The number of rotatable bonds is 4. The van der Waals surface area contributed by atoms with Crippen LogP contribution in [0.1, 0.15) is 24.1 Å². The van der Waals surface area contributed by atoms with Crippen molar-refractivity contribution in [2.75, 3.05) is 12.4 Å². The summed E-state index contributed by atoms with van der Waals surface area (Å²) in [4.78, 5) is 4.07. The van der Waals surface area contributed by atoms with Crippen LogP contribution in [0.25, 0.3) is 0 Å². The summed E-state index contributed by atoms with van der Waals surface area (Å²) in [6.45, 7) is 3.74. The quantitative estimate of drug-likeness (QED) is 0.851. The molecule has 0 amide bonds. The number of aryl methyl sites for hydroxylation is 1. The van der Waals surface area contributed by atoms with Crippen molar-refractivity contribution in [2.45, 2.75) is 19.9 Å². The molecule has 1 aromatic carbocycles. The number of pyridine rings is 1. The first-order valence-electron chi connectivity index (χ1n) is 6.24. The zero-order valence-corrected chi connectivity index (χ0v) is 12.3. The molecule has 1 unspecified atom stereocenters. The minimum atomic E-state index is -0.303. The number of hydrogen-bond donors (Lipinski definition) is 1. The maximum atomic E-state index is 14.0. The van der Waals surface area contributed by atoms with E-state index in [-0.39, 0.29) is 11.9 Å². The minimum Gasteiger partial charge on any atom is -0.496 e. The van der Waals surface area contributed by atoms with E-state index < -0.39 is 0 Å². The Morgan fingerprint density at radius 1 is 1.40 bits per heavy atom. The molecule has 0 saturated carbocycles. The molecule has 0 aliphatic heterocycles. The molecule has 106 valence electrons. The van der Waals surface area contributed by atoms with Gasteiger partial charge in [-0.25, -0.2) is 9.37 Å². The van der Waals surface area contributed by atoms with E-state index in [1.165, 1.54) is 13.2 Å². The molecule has 2 rings (SSSR count). The first kappa shape index (κ1) is 14.6. The van der Waals surface area contributed by atoms with Crippen molar-refractivity contribution < 1.29 is 9.13 Å². The number of anilines is 1. The number of halogens is 2. The van der Waals surface area contributed by atoms with Crippen molar-refractivity contribution in [3.05, 3.63) is 52.6 Å². The third-order valence-electron chi connectivity index (χ3n) is 3.06. The second-order valence-corrected chi connectivity index (χ2v) is 4.91. The maximum Gasteiger partial charge on any atom is 0.132 e. The van der Waals surface area contributed by atoms with Crippen molar-refractivity contribution >= 4 is 17.3 Å². The lowest BCUT2D eigenvalue weighted by Crippen LogP contribution is -2.10. The van der Waals surface area contributed by atoms with Gasteiger partial charge in [0.25, 0.3) is 0 Å². The highest BCUT2D eigenvalue weighted by atomic mass is 35.5. The van der Waals surface area contributed by atoms with Gasteiger partial charge in [-0.2, -0.15) is 0 Å². The highest BCUT2D eigenvalue weighted by molar-refractivity contribution is 6.30. The molecule has 1 aromatic heterocycles. The fourth-order valence-electron chi connectivity index (χ4n) is 2.07. The normalized spacial score (nSPS) is 12.1. The topological polar surface area (TPSA) is 34.1 Å². The van der Waals surface area contributed by atoms with Crippen LogP contribution in [0.4, 0.5) is 10.1 Å². The van der Waals surface area contributed by atoms with Crippen molar-refractivity contribution in [3.63, 3.8) is 0 Å². The lowest BCUT2D eigenvalue weighted by atomic mass is 10.1. The molecule has 20 heavy (non-hydrogen) atoms. The molecule has 0 fully saturated rings. The maximum absolute atomic E-state index is 14.0. The number of nitrogens with one attached hydrogen (secondary N) is 1.